The molecule has 1 aromatic carbocycles. The molecule has 0 atom stereocenters. The fourth-order valence-electron chi connectivity index (χ4n) is 1.36. The van der Waals surface area contributed by atoms with Gasteiger partial charge in [-0.3, -0.25) is 4.79 Å². The zero-order valence-corrected chi connectivity index (χ0v) is 11.8. The Balaban J connectivity index is 0.00000256. The average Bonchev–Trinajstić information content (AvgIpc) is 2.29. The van der Waals surface area contributed by atoms with Crippen molar-refractivity contribution in [2.24, 2.45) is 5.73 Å². The van der Waals surface area contributed by atoms with E-state index in [4.69, 9.17) is 28.9 Å². The molecular weight excluding hydrogens is 282 g/mol. The summed E-state index contributed by atoms with van der Waals surface area (Å²) < 4.78 is 0. The number of benzene rings is 1. The highest BCUT2D eigenvalue weighted by molar-refractivity contribution is 6.42. The standard InChI is InChI=1S/C11H14Cl2N2O.ClH/c1-2-15(11(16)6-14)7-8-3-4-9(12)10(13)5-8;/h3-5H,2,6-7,14H2,1H3;1H. The van der Waals surface area contributed by atoms with Crippen LogP contribution in [0.4, 0.5) is 0 Å². The topological polar surface area (TPSA) is 46.3 Å². The maximum atomic E-state index is 11.4. The van der Waals surface area contributed by atoms with E-state index in [1.54, 1.807) is 17.0 Å². The third-order valence-electron chi connectivity index (χ3n) is 2.27. The molecule has 1 rings (SSSR count). The van der Waals surface area contributed by atoms with Gasteiger partial charge in [0.25, 0.3) is 0 Å². The van der Waals surface area contributed by atoms with Crippen LogP contribution in [0.15, 0.2) is 18.2 Å². The quantitative estimate of drug-likeness (QED) is 0.929. The Bertz CT molecular complexity index is 385. The van der Waals surface area contributed by atoms with E-state index in [9.17, 15) is 4.79 Å². The van der Waals surface area contributed by atoms with E-state index in [1.807, 2.05) is 13.0 Å². The lowest BCUT2D eigenvalue weighted by atomic mass is 10.2. The van der Waals surface area contributed by atoms with Gasteiger partial charge in [-0.15, -0.1) is 12.4 Å². The number of amides is 1. The Hall–Kier alpha value is -0.480. The van der Waals surface area contributed by atoms with Gasteiger partial charge in [0, 0.05) is 13.1 Å². The molecule has 2 N–H and O–H groups in total. The van der Waals surface area contributed by atoms with E-state index in [0.29, 0.717) is 23.1 Å². The van der Waals surface area contributed by atoms with Crippen molar-refractivity contribution in [3.8, 4) is 0 Å². The lowest BCUT2D eigenvalue weighted by Crippen LogP contribution is -2.35. The Labute approximate surface area is 117 Å². The Morgan fingerprint density at radius 2 is 2.00 bits per heavy atom. The molecular formula is C11H15Cl3N2O. The Morgan fingerprint density at radius 1 is 1.35 bits per heavy atom. The van der Waals surface area contributed by atoms with Crippen LogP contribution in [0.1, 0.15) is 12.5 Å². The van der Waals surface area contributed by atoms with Crippen LogP contribution in [0, 0.1) is 0 Å². The van der Waals surface area contributed by atoms with Crippen LogP contribution >= 0.6 is 35.6 Å². The van der Waals surface area contributed by atoms with Gasteiger partial charge >= 0.3 is 0 Å². The normalized spacial score (nSPS) is 9.65. The molecule has 0 heterocycles. The first-order chi connectivity index (χ1) is 7.58. The van der Waals surface area contributed by atoms with Crippen molar-refractivity contribution < 1.29 is 4.79 Å². The van der Waals surface area contributed by atoms with Crippen LogP contribution in [0.2, 0.25) is 10.0 Å². The van der Waals surface area contributed by atoms with Gasteiger partial charge in [0.15, 0.2) is 0 Å². The van der Waals surface area contributed by atoms with Gasteiger partial charge in [0.05, 0.1) is 16.6 Å². The maximum Gasteiger partial charge on any atom is 0.236 e. The van der Waals surface area contributed by atoms with Crippen molar-refractivity contribution in [1.29, 1.82) is 0 Å². The second-order valence-electron chi connectivity index (χ2n) is 3.36. The van der Waals surface area contributed by atoms with Crippen molar-refractivity contribution in [2.45, 2.75) is 13.5 Å². The number of hydrogen-bond donors (Lipinski definition) is 1. The number of nitrogens with zero attached hydrogens (tertiary/aromatic N) is 1. The molecule has 0 aromatic heterocycles. The molecule has 0 aliphatic carbocycles. The minimum atomic E-state index is -0.0754. The van der Waals surface area contributed by atoms with Crippen LogP contribution < -0.4 is 5.73 Å². The summed E-state index contributed by atoms with van der Waals surface area (Å²) in [5.41, 5.74) is 6.26. The molecule has 3 nitrogen and oxygen atoms in total. The van der Waals surface area contributed by atoms with Gasteiger partial charge < -0.3 is 10.6 Å². The maximum absolute atomic E-state index is 11.4. The minimum Gasteiger partial charge on any atom is -0.338 e. The number of carbonyl (C=O) groups is 1. The first-order valence-electron chi connectivity index (χ1n) is 5.00. The third kappa shape index (κ3) is 4.72. The average molecular weight is 298 g/mol. The van der Waals surface area contributed by atoms with Gasteiger partial charge in [-0.25, -0.2) is 0 Å². The lowest BCUT2D eigenvalue weighted by Gasteiger charge is -2.20. The van der Waals surface area contributed by atoms with E-state index >= 15 is 0 Å². The Kier molecular flexibility index (Phi) is 7.55. The number of halogens is 3. The number of rotatable bonds is 4. The minimum absolute atomic E-state index is 0. The van der Waals surface area contributed by atoms with E-state index < -0.39 is 0 Å². The van der Waals surface area contributed by atoms with Crippen molar-refractivity contribution >= 4 is 41.5 Å². The monoisotopic (exact) mass is 296 g/mol. The fourth-order valence-corrected chi connectivity index (χ4v) is 1.68. The van der Waals surface area contributed by atoms with Gasteiger partial charge in [0.1, 0.15) is 0 Å². The second kappa shape index (κ2) is 7.77. The fraction of sp³-hybridized carbons (Fsp3) is 0.364. The predicted molar refractivity (Wildman–Crippen MR) is 73.9 cm³/mol. The zero-order valence-electron chi connectivity index (χ0n) is 9.45. The van der Waals surface area contributed by atoms with Crippen LogP contribution in [-0.4, -0.2) is 23.9 Å². The molecule has 0 aliphatic heterocycles. The van der Waals surface area contributed by atoms with Crippen LogP contribution in [0.5, 0.6) is 0 Å². The summed E-state index contributed by atoms with van der Waals surface area (Å²) in [6.45, 7) is 3.06. The summed E-state index contributed by atoms with van der Waals surface area (Å²) in [6.07, 6.45) is 0. The summed E-state index contributed by atoms with van der Waals surface area (Å²) in [7, 11) is 0. The number of nitrogens with two attached hydrogens (primary N) is 1. The molecule has 0 aliphatic rings. The summed E-state index contributed by atoms with van der Waals surface area (Å²) >= 11 is 11.7. The molecule has 6 heteroatoms. The molecule has 1 aromatic rings. The van der Waals surface area contributed by atoms with E-state index in [0.717, 1.165) is 5.56 Å². The number of carbonyl (C=O) groups excluding carboxylic acids is 1. The lowest BCUT2D eigenvalue weighted by molar-refractivity contribution is -0.130. The van der Waals surface area contributed by atoms with Crippen molar-refractivity contribution in [2.75, 3.05) is 13.1 Å². The van der Waals surface area contributed by atoms with E-state index in [-0.39, 0.29) is 24.9 Å². The molecule has 1 amide bonds. The highest BCUT2D eigenvalue weighted by Gasteiger charge is 2.10. The summed E-state index contributed by atoms with van der Waals surface area (Å²) in [5.74, 6) is -0.0754. The third-order valence-corrected chi connectivity index (χ3v) is 3.01. The molecule has 0 radical (unpaired) electrons. The first kappa shape index (κ1) is 16.5. The van der Waals surface area contributed by atoms with Crippen molar-refractivity contribution in [1.82, 2.24) is 4.90 Å². The van der Waals surface area contributed by atoms with Gasteiger partial charge in [-0.2, -0.15) is 0 Å². The van der Waals surface area contributed by atoms with Gasteiger partial charge in [-0.05, 0) is 24.6 Å². The zero-order chi connectivity index (χ0) is 12.1. The van der Waals surface area contributed by atoms with Crippen molar-refractivity contribution in [3.63, 3.8) is 0 Å². The molecule has 0 bridgehead atoms. The van der Waals surface area contributed by atoms with Gasteiger partial charge in [-0.1, -0.05) is 29.3 Å². The Morgan fingerprint density at radius 3 is 2.47 bits per heavy atom. The number of hydrogen-bond acceptors (Lipinski definition) is 2. The summed E-state index contributed by atoms with van der Waals surface area (Å²) in [4.78, 5) is 13.1. The highest BCUT2D eigenvalue weighted by atomic mass is 35.5. The van der Waals surface area contributed by atoms with Crippen LogP contribution in [-0.2, 0) is 11.3 Å². The van der Waals surface area contributed by atoms with Crippen LogP contribution in [0.3, 0.4) is 0 Å². The van der Waals surface area contributed by atoms with Crippen molar-refractivity contribution in [3.05, 3.63) is 33.8 Å². The molecule has 0 saturated carbocycles. The van der Waals surface area contributed by atoms with E-state index in [1.165, 1.54) is 0 Å². The predicted octanol–water partition coefficient (Wildman–Crippen LogP) is 2.72. The first-order valence-corrected chi connectivity index (χ1v) is 5.75. The molecule has 0 fully saturated rings. The molecule has 0 unspecified atom stereocenters. The molecule has 17 heavy (non-hydrogen) atoms. The summed E-state index contributed by atoms with van der Waals surface area (Å²) in [5, 5.41) is 1.01. The van der Waals surface area contributed by atoms with E-state index in [2.05, 4.69) is 0 Å². The molecule has 0 spiro atoms. The smallest absolute Gasteiger partial charge is 0.236 e. The molecule has 96 valence electrons. The summed E-state index contributed by atoms with van der Waals surface area (Å²) in [6, 6.07) is 5.33. The largest absolute Gasteiger partial charge is 0.338 e. The molecule has 0 saturated heterocycles. The van der Waals surface area contributed by atoms with Gasteiger partial charge in [0.2, 0.25) is 5.91 Å². The highest BCUT2D eigenvalue weighted by Crippen LogP contribution is 2.23. The second-order valence-corrected chi connectivity index (χ2v) is 4.17. The number of likely N-dealkylation sites (N-methyl/N-ethyl adjacent to an activating group) is 1. The van der Waals surface area contributed by atoms with Crippen LogP contribution in [0.25, 0.3) is 0 Å². The SMILES string of the molecule is CCN(Cc1ccc(Cl)c(Cl)c1)C(=O)CN.Cl.